The Bertz CT molecular complexity index is 650. The Kier molecular flexibility index (Phi) is 5.67. The zero-order chi connectivity index (χ0) is 17.0. The third-order valence-electron chi connectivity index (χ3n) is 3.31. The second-order valence-corrected chi connectivity index (χ2v) is 7.31. The Hall–Kier alpha value is -1.93. The lowest BCUT2D eigenvalue weighted by Crippen LogP contribution is -2.32. The van der Waals surface area contributed by atoms with Gasteiger partial charge in [0.2, 0.25) is 10.0 Å². The largest absolute Gasteiger partial charge is 0.481 e. The molecule has 0 radical (unpaired) electrons. The lowest BCUT2D eigenvalue weighted by atomic mass is 9.90. The second kappa shape index (κ2) is 6.89. The van der Waals surface area contributed by atoms with Crippen LogP contribution in [0.3, 0.4) is 0 Å². The lowest BCUT2D eigenvalue weighted by Gasteiger charge is -2.18. The molecular formula is C14H20N2O5S. The van der Waals surface area contributed by atoms with Gasteiger partial charge >= 0.3 is 5.97 Å². The minimum Gasteiger partial charge on any atom is -0.481 e. The number of carbonyl (C=O) groups excluding carboxylic acids is 1. The van der Waals surface area contributed by atoms with E-state index in [2.05, 4.69) is 10.0 Å². The summed E-state index contributed by atoms with van der Waals surface area (Å²) in [5.41, 5.74) is -0.610. The average molecular weight is 328 g/mol. The Labute approximate surface area is 129 Å². The molecule has 0 heterocycles. The molecule has 0 saturated carbocycles. The van der Waals surface area contributed by atoms with E-state index in [1.165, 1.54) is 31.3 Å². The first kappa shape index (κ1) is 18.1. The van der Waals surface area contributed by atoms with Crippen molar-refractivity contribution in [3.8, 4) is 0 Å². The molecule has 122 valence electrons. The first-order valence-corrected chi connectivity index (χ1v) is 8.14. The molecule has 1 amide bonds. The van der Waals surface area contributed by atoms with Crippen LogP contribution >= 0.6 is 0 Å². The molecule has 22 heavy (non-hydrogen) atoms. The molecule has 0 aromatic heterocycles. The van der Waals surface area contributed by atoms with Crippen LogP contribution in [-0.4, -0.2) is 39.0 Å². The SMILES string of the molecule is CNS(=O)(=O)c1ccc(C(=O)NCCC(C)(C)C(=O)O)cc1. The van der Waals surface area contributed by atoms with Crippen LogP contribution in [0.1, 0.15) is 30.6 Å². The normalized spacial score (nSPS) is 12.0. The predicted molar refractivity (Wildman–Crippen MR) is 81.1 cm³/mol. The third kappa shape index (κ3) is 4.54. The lowest BCUT2D eigenvalue weighted by molar-refractivity contribution is -0.147. The smallest absolute Gasteiger partial charge is 0.309 e. The highest BCUT2D eigenvalue weighted by Gasteiger charge is 2.26. The fraction of sp³-hybridized carbons (Fsp3) is 0.429. The number of benzene rings is 1. The van der Waals surface area contributed by atoms with Gasteiger partial charge in [0.05, 0.1) is 10.3 Å². The second-order valence-electron chi connectivity index (χ2n) is 5.43. The number of hydrogen-bond donors (Lipinski definition) is 3. The quantitative estimate of drug-likeness (QED) is 0.686. The molecule has 1 aromatic carbocycles. The number of aliphatic carboxylic acids is 1. The van der Waals surface area contributed by atoms with Gasteiger partial charge in [-0.2, -0.15) is 0 Å². The van der Waals surface area contributed by atoms with E-state index < -0.39 is 21.4 Å². The van der Waals surface area contributed by atoms with Gasteiger partial charge in [0.25, 0.3) is 5.91 Å². The summed E-state index contributed by atoms with van der Waals surface area (Å²) in [7, 11) is -2.23. The zero-order valence-corrected chi connectivity index (χ0v) is 13.5. The van der Waals surface area contributed by atoms with Gasteiger partial charge < -0.3 is 10.4 Å². The van der Waals surface area contributed by atoms with E-state index in [1.807, 2.05) is 0 Å². The fourth-order valence-corrected chi connectivity index (χ4v) is 2.33. The van der Waals surface area contributed by atoms with Crippen LogP contribution in [-0.2, 0) is 14.8 Å². The maximum Gasteiger partial charge on any atom is 0.309 e. The summed E-state index contributed by atoms with van der Waals surface area (Å²) in [5.74, 6) is -1.31. The molecule has 1 aromatic rings. The number of carbonyl (C=O) groups is 2. The van der Waals surface area contributed by atoms with Crippen molar-refractivity contribution in [1.29, 1.82) is 0 Å². The molecule has 0 fully saturated rings. The van der Waals surface area contributed by atoms with Crippen molar-refractivity contribution in [3.63, 3.8) is 0 Å². The third-order valence-corrected chi connectivity index (χ3v) is 4.74. The molecule has 0 atom stereocenters. The summed E-state index contributed by atoms with van der Waals surface area (Å²) in [5, 5.41) is 11.6. The van der Waals surface area contributed by atoms with Gasteiger partial charge in [-0.05, 0) is 51.6 Å². The molecule has 0 bridgehead atoms. The first-order valence-electron chi connectivity index (χ1n) is 6.65. The number of nitrogens with one attached hydrogen (secondary N) is 2. The summed E-state index contributed by atoms with van der Waals surface area (Å²) >= 11 is 0. The van der Waals surface area contributed by atoms with Gasteiger partial charge in [-0.1, -0.05) is 0 Å². The van der Waals surface area contributed by atoms with Gasteiger partial charge in [-0.25, -0.2) is 13.1 Å². The monoisotopic (exact) mass is 328 g/mol. The van der Waals surface area contributed by atoms with Gasteiger partial charge in [-0.15, -0.1) is 0 Å². The topological polar surface area (TPSA) is 113 Å². The fourth-order valence-electron chi connectivity index (χ4n) is 1.60. The summed E-state index contributed by atoms with van der Waals surface area (Å²) in [6.45, 7) is 3.38. The van der Waals surface area contributed by atoms with Crippen molar-refractivity contribution in [1.82, 2.24) is 10.0 Å². The minimum atomic E-state index is -3.53. The molecule has 0 aliphatic heterocycles. The van der Waals surface area contributed by atoms with Gasteiger partial charge in [0.15, 0.2) is 0 Å². The van der Waals surface area contributed by atoms with E-state index in [9.17, 15) is 18.0 Å². The van der Waals surface area contributed by atoms with Crippen molar-refractivity contribution in [2.45, 2.75) is 25.2 Å². The average Bonchev–Trinajstić information content (AvgIpc) is 2.47. The highest BCUT2D eigenvalue weighted by molar-refractivity contribution is 7.89. The van der Waals surface area contributed by atoms with Crippen molar-refractivity contribution >= 4 is 21.9 Å². The molecule has 0 aliphatic carbocycles. The Morgan fingerprint density at radius 3 is 2.18 bits per heavy atom. The van der Waals surface area contributed by atoms with Crippen LogP contribution in [0.5, 0.6) is 0 Å². The number of carboxylic acid groups (broad SMARTS) is 1. The van der Waals surface area contributed by atoms with Crippen LogP contribution in [0.25, 0.3) is 0 Å². The molecule has 0 spiro atoms. The number of rotatable bonds is 7. The van der Waals surface area contributed by atoms with E-state index in [0.717, 1.165) is 0 Å². The predicted octanol–water partition coefficient (Wildman–Crippen LogP) is 0.825. The van der Waals surface area contributed by atoms with Gasteiger partial charge in [0.1, 0.15) is 0 Å². The van der Waals surface area contributed by atoms with Crippen molar-refractivity contribution in [2.75, 3.05) is 13.6 Å². The summed E-state index contributed by atoms with van der Waals surface area (Å²) < 4.78 is 25.3. The van der Waals surface area contributed by atoms with E-state index >= 15 is 0 Å². The first-order chi connectivity index (χ1) is 10.1. The molecule has 3 N–H and O–H groups in total. The number of sulfonamides is 1. The molecule has 0 aliphatic rings. The van der Waals surface area contributed by atoms with Crippen LogP contribution in [0.2, 0.25) is 0 Å². The zero-order valence-electron chi connectivity index (χ0n) is 12.7. The molecule has 8 heteroatoms. The van der Waals surface area contributed by atoms with Crippen molar-refractivity contribution < 1.29 is 23.1 Å². The number of carboxylic acids is 1. The molecule has 0 unspecified atom stereocenters. The number of hydrogen-bond acceptors (Lipinski definition) is 4. The van der Waals surface area contributed by atoms with Crippen LogP contribution < -0.4 is 10.0 Å². The van der Waals surface area contributed by atoms with Crippen LogP contribution in [0, 0.1) is 5.41 Å². The van der Waals surface area contributed by atoms with Crippen molar-refractivity contribution in [2.24, 2.45) is 5.41 Å². The minimum absolute atomic E-state index is 0.0681. The van der Waals surface area contributed by atoms with E-state index in [4.69, 9.17) is 5.11 Å². The molecule has 7 nitrogen and oxygen atoms in total. The van der Waals surface area contributed by atoms with Crippen LogP contribution in [0.4, 0.5) is 0 Å². The van der Waals surface area contributed by atoms with E-state index in [-0.39, 0.29) is 17.3 Å². The maximum absolute atomic E-state index is 11.9. The van der Waals surface area contributed by atoms with Crippen molar-refractivity contribution in [3.05, 3.63) is 29.8 Å². The number of amides is 1. The summed E-state index contributed by atoms with van der Waals surface area (Å²) in [6, 6.07) is 5.48. The molecule has 1 rings (SSSR count). The highest BCUT2D eigenvalue weighted by atomic mass is 32.2. The van der Waals surface area contributed by atoms with Crippen LogP contribution in [0.15, 0.2) is 29.2 Å². The van der Waals surface area contributed by atoms with E-state index in [0.29, 0.717) is 12.0 Å². The Morgan fingerprint density at radius 1 is 1.18 bits per heavy atom. The van der Waals surface area contributed by atoms with Gasteiger partial charge in [0, 0.05) is 12.1 Å². The van der Waals surface area contributed by atoms with E-state index in [1.54, 1.807) is 13.8 Å². The molecular weight excluding hydrogens is 308 g/mol. The van der Waals surface area contributed by atoms with Gasteiger partial charge in [-0.3, -0.25) is 9.59 Å². The molecule has 0 saturated heterocycles. The standard InChI is InChI=1S/C14H20N2O5S/c1-14(2,13(18)19)8-9-16-12(17)10-4-6-11(7-5-10)22(20,21)15-3/h4-7,15H,8-9H2,1-3H3,(H,16,17)(H,18,19). The highest BCUT2D eigenvalue weighted by Crippen LogP contribution is 2.19. The summed E-state index contributed by atoms with van der Waals surface area (Å²) in [4.78, 5) is 22.9. The Morgan fingerprint density at radius 2 is 1.73 bits per heavy atom. The maximum atomic E-state index is 11.9. The summed E-state index contributed by atoms with van der Waals surface area (Å²) in [6.07, 6.45) is 0.292. The Balaban J connectivity index is 2.66.